The molecule has 0 unspecified atom stereocenters. The number of hydrogen-bond donors (Lipinski definition) is 1. The lowest BCUT2D eigenvalue weighted by molar-refractivity contribution is 0.0745. The maximum atomic E-state index is 13.8. The molecule has 7 heteroatoms. The van der Waals surface area contributed by atoms with Crippen LogP contribution in [-0.4, -0.2) is 27.8 Å². The Hall–Kier alpha value is -2.08. The fourth-order valence-corrected chi connectivity index (χ4v) is 5.02. The maximum absolute atomic E-state index is 13.8. The summed E-state index contributed by atoms with van der Waals surface area (Å²) >= 11 is 13.7. The summed E-state index contributed by atoms with van der Waals surface area (Å²) in [6.45, 7) is 9.62. The number of amides is 1. The summed E-state index contributed by atoms with van der Waals surface area (Å²) in [5.41, 5.74) is 4.99. The number of nitrogens with zero attached hydrogens (tertiary/aromatic N) is 2. The number of aryl methyl sites for hydroxylation is 1. The standard InChI is InChI=1S/C27H31Cl2N3OS/c1-17-24(25(34-31-17)30-21-10-11-21)26(33)32(14-13-18-7-12-22(28)23(29)15-18)16-19-5-8-20(9-6-19)27(2,3)4/h5-9,12,15,21,30H,10-11,13-14,16H2,1-4H3. The van der Waals surface area contributed by atoms with Crippen molar-refractivity contribution in [2.75, 3.05) is 11.9 Å². The van der Waals surface area contributed by atoms with E-state index in [4.69, 9.17) is 23.2 Å². The van der Waals surface area contributed by atoms with Crippen molar-refractivity contribution in [2.45, 2.75) is 65.0 Å². The molecule has 3 aromatic rings. The highest BCUT2D eigenvalue weighted by atomic mass is 35.5. The monoisotopic (exact) mass is 515 g/mol. The SMILES string of the molecule is Cc1nsc(NC2CC2)c1C(=O)N(CCc1ccc(Cl)c(Cl)c1)Cc1ccc(C(C)(C)C)cc1. The van der Waals surface area contributed by atoms with Gasteiger partial charge in [0.05, 0.1) is 21.3 Å². The fourth-order valence-electron chi connectivity index (χ4n) is 3.83. The van der Waals surface area contributed by atoms with Crippen LogP contribution in [0.25, 0.3) is 0 Å². The first kappa shape index (κ1) is 25.0. The van der Waals surface area contributed by atoms with Gasteiger partial charge in [0.1, 0.15) is 5.00 Å². The first-order chi connectivity index (χ1) is 16.1. The maximum Gasteiger partial charge on any atom is 0.259 e. The minimum absolute atomic E-state index is 0.00867. The third-order valence-electron chi connectivity index (χ3n) is 6.12. The van der Waals surface area contributed by atoms with Gasteiger partial charge in [0.25, 0.3) is 5.91 Å². The minimum atomic E-state index is 0.00867. The summed E-state index contributed by atoms with van der Waals surface area (Å²) in [7, 11) is 0. The molecule has 180 valence electrons. The zero-order valence-corrected chi connectivity index (χ0v) is 22.4. The second kappa shape index (κ2) is 10.3. The number of carbonyl (C=O) groups excluding carboxylic acids is 1. The molecule has 34 heavy (non-hydrogen) atoms. The van der Waals surface area contributed by atoms with E-state index < -0.39 is 0 Å². The molecule has 0 bridgehead atoms. The van der Waals surface area contributed by atoms with Crippen LogP contribution in [0.15, 0.2) is 42.5 Å². The average molecular weight is 517 g/mol. The van der Waals surface area contributed by atoms with E-state index in [0.717, 1.165) is 34.7 Å². The number of anilines is 1. The molecule has 4 nitrogen and oxygen atoms in total. The van der Waals surface area contributed by atoms with E-state index in [0.29, 0.717) is 41.2 Å². The molecule has 1 aliphatic carbocycles. The summed E-state index contributed by atoms with van der Waals surface area (Å²) in [5.74, 6) is 0.00867. The molecule has 1 heterocycles. The number of rotatable bonds is 8. The molecule has 4 rings (SSSR count). The van der Waals surface area contributed by atoms with Crippen molar-refractivity contribution < 1.29 is 4.79 Å². The van der Waals surface area contributed by atoms with Crippen molar-refractivity contribution >= 4 is 45.6 Å². The van der Waals surface area contributed by atoms with E-state index in [-0.39, 0.29) is 11.3 Å². The Bertz CT molecular complexity index is 1160. The van der Waals surface area contributed by atoms with E-state index in [9.17, 15) is 4.79 Å². The van der Waals surface area contributed by atoms with Crippen LogP contribution in [0.1, 0.15) is 66.4 Å². The third-order valence-corrected chi connectivity index (χ3v) is 7.73. The largest absolute Gasteiger partial charge is 0.372 e. The van der Waals surface area contributed by atoms with Crippen LogP contribution in [0.4, 0.5) is 5.00 Å². The van der Waals surface area contributed by atoms with Crippen LogP contribution in [0.5, 0.6) is 0 Å². The second-order valence-electron chi connectivity index (χ2n) is 10.1. The van der Waals surface area contributed by atoms with E-state index in [1.807, 2.05) is 24.0 Å². The van der Waals surface area contributed by atoms with Gasteiger partial charge in [-0.2, -0.15) is 4.37 Å². The second-order valence-corrected chi connectivity index (χ2v) is 11.7. The minimum Gasteiger partial charge on any atom is -0.372 e. The van der Waals surface area contributed by atoms with E-state index in [1.165, 1.54) is 17.1 Å². The van der Waals surface area contributed by atoms with Gasteiger partial charge >= 0.3 is 0 Å². The molecule has 0 aliphatic heterocycles. The van der Waals surface area contributed by atoms with Gasteiger partial charge in [-0.15, -0.1) is 0 Å². The average Bonchev–Trinajstić information content (AvgIpc) is 3.53. The molecule has 0 atom stereocenters. The zero-order chi connectivity index (χ0) is 24.5. The number of aromatic nitrogens is 1. The zero-order valence-electron chi connectivity index (χ0n) is 20.1. The van der Waals surface area contributed by atoms with E-state index >= 15 is 0 Å². The molecule has 1 aromatic heterocycles. The number of carbonyl (C=O) groups is 1. The van der Waals surface area contributed by atoms with Crippen molar-refractivity contribution in [3.05, 3.63) is 80.5 Å². The van der Waals surface area contributed by atoms with Gasteiger partial charge in [-0.05, 0) is 72.0 Å². The number of nitrogens with one attached hydrogen (secondary N) is 1. The van der Waals surface area contributed by atoms with Crippen LogP contribution < -0.4 is 5.32 Å². The molecule has 1 N–H and O–H groups in total. The predicted octanol–water partition coefficient (Wildman–Crippen LogP) is 7.52. The molecular formula is C27H31Cl2N3OS. The Morgan fingerprint density at radius 3 is 2.38 bits per heavy atom. The van der Waals surface area contributed by atoms with Gasteiger partial charge in [0, 0.05) is 19.1 Å². The van der Waals surface area contributed by atoms with Crippen LogP contribution in [-0.2, 0) is 18.4 Å². The first-order valence-corrected chi connectivity index (χ1v) is 13.2. The molecule has 0 radical (unpaired) electrons. The van der Waals surface area contributed by atoms with Gasteiger partial charge < -0.3 is 10.2 Å². The number of hydrogen-bond acceptors (Lipinski definition) is 4. The smallest absolute Gasteiger partial charge is 0.259 e. The summed E-state index contributed by atoms with van der Waals surface area (Å²) in [6, 6.07) is 14.7. The van der Waals surface area contributed by atoms with Gasteiger partial charge in [-0.3, -0.25) is 4.79 Å². The normalized spacial score (nSPS) is 13.7. The molecule has 1 amide bonds. The Morgan fingerprint density at radius 2 is 1.76 bits per heavy atom. The highest BCUT2D eigenvalue weighted by Gasteiger charge is 2.28. The van der Waals surface area contributed by atoms with Crippen LogP contribution in [0, 0.1) is 6.92 Å². The van der Waals surface area contributed by atoms with Gasteiger partial charge in [-0.1, -0.05) is 74.3 Å². The van der Waals surface area contributed by atoms with Crippen LogP contribution in [0.3, 0.4) is 0 Å². The van der Waals surface area contributed by atoms with Gasteiger partial charge in [0.2, 0.25) is 0 Å². The topological polar surface area (TPSA) is 45.2 Å². The van der Waals surface area contributed by atoms with Crippen molar-refractivity contribution in [3.63, 3.8) is 0 Å². The van der Waals surface area contributed by atoms with Crippen molar-refractivity contribution in [1.29, 1.82) is 0 Å². The molecule has 1 aliphatic rings. The number of halogens is 2. The molecule has 2 aromatic carbocycles. The Kier molecular flexibility index (Phi) is 7.56. The highest BCUT2D eigenvalue weighted by Crippen LogP contribution is 2.32. The molecular weight excluding hydrogens is 485 g/mol. The third kappa shape index (κ3) is 6.12. The van der Waals surface area contributed by atoms with Crippen LogP contribution >= 0.6 is 34.7 Å². The molecule has 1 saturated carbocycles. The van der Waals surface area contributed by atoms with E-state index in [1.54, 1.807) is 6.07 Å². The quantitative estimate of drug-likeness (QED) is 0.337. The Morgan fingerprint density at radius 1 is 1.09 bits per heavy atom. The highest BCUT2D eigenvalue weighted by molar-refractivity contribution is 7.10. The van der Waals surface area contributed by atoms with Crippen LogP contribution in [0.2, 0.25) is 10.0 Å². The van der Waals surface area contributed by atoms with Crippen molar-refractivity contribution in [1.82, 2.24) is 9.27 Å². The molecule has 0 saturated heterocycles. The molecule has 0 spiro atoms. The lowest BCUT2D eigenvalue weighted by atomic mass is 9.87. The van der Waals surface area contributed by atoms with Crippen molar-refractivity contribution in [2.24, 2.45) is 0 Å². The van der Waals surface area contributed by atoms with Gasteiger partial charge in [-0.25, -0.2) is 0 Å². The summed E-state index contributed by atoms with van der Waals surface area (Å²) in [5, 5.41) is 5.44. The number of benzene rings is 2. The van der Waals surface area contributed by atoms with Crippen molar-refractivity contribution in [3.8, 4) is 0 Å². The fraction of sp³-hybridized carbons (Fsp3) is 0.407. The summed E-state index contributed by atoms with van der Waals surface area (Å²) < 4.78 is 4.49. The predicted molar refractivity (Wildman–Crippen MR) is 144 cm³/mol. The van der Waals surface area contributed by atoms with E-state index in [2.05, 4.69) is 54.7 Å². The van der Waals surface area contributed by atoms with Gasteiger partial charge in [0.15, 0.2) is 0 Å². The summed E-state index contributed by atoms with van der Waals surface area (Å²) in [4.78, 5) is 15.7. The Labute approximate surface area is 216 Å². The molecule has 1 fully saturated rings. The summed E-state index contributed by atoms with van der Waals surface area (Å²) in [6.07, 6.45) is 2.97. The lowest BCUT2D eigenvalue weighted by Crippen LogP contribution is -2.33. The Balaban J connectivity index is 1.58. The lowest BCUT2D eigenvalue weighted by Gasteiger charge is -2.25. The first-order valence-electron chi connectivity index (χ1n) is 11.7.